The number of nitrogens with one attached hydrogen (secondary N) is 1. The molecule has 1 aromatic carbocycles. The van der Waals surface area contributed by atoms with Crippen LogP contribution in [0.4, 0.5) is 15.9 Å². The van der Waals surface area contributed by atoms with E-state index in [1.807, 2.05) is 25.1 Å². The van der Waals surface area contributed by atoms with Crippen LogP contribution in [0.5, 0.6) is 0 Å². The number of hydrogen-bond donors (Lipinski definition) is 1. The van der Waals surface area contributed by atoms with Gasteiger partial charge in [-0.2, -0.15) is 0 Å². The molecule has 0 radical (unpaired) electrons. The molecule has 0 aliphatic heterocycles. The van der Waals surface area contributed by atoms with E-state index in [0.717, 1.165) is 5.56 Å². The number of nitro groups is 1. The Morgan fingerprint density at radius 1 is 1.39 bits per heavy atom. The van der Waals surface area contributed by atoms with Crippen LogP contribution in [0.2, 0.25) is 0 Å². The molecule has 1 aromatic heterocycles. The fourth-order valence-corrected chi connectivity index (χ4v) is 2.49. The Balaban J connectivity index is 2.06. The molecular formula is C15H16BrFN4O2. The van der Waals surface area contributed by atoms with Crippen molar-refractivity contribution in [3.63, 3.8) is 0 Å². The second-order valence-electron chi connectivity index (χ2n) is 5.30. The molecule has 1 heterocycles. The minimum atomic E-state index is -0.514. The number of pyridine rings is 1. The van der Waals surface area contributed by atoms with Crippen LogP contribution in [0.25, 0.3) is 0 Å². The summed E-state index contributed by atoms with van der Waals surface area (Å²) in [6.07, 6.45) is 1.17. The van der Waals surface area contributed by atoms with Gasteiger partial charge in [-0.3, -0.25) is 10.1 Å². The zero-order valence-corrected chi connectivity index (χ0v) is 14.3. The molecule has 0 atom stereocenters. The maximum Gasteiger partial charge on any atom is 0.288 e. The lowest BCUT2D eigenvalue weighted by Gasteiger charge is -2.12. The van der Waals surface area contributed by atoms with Crippen molar-refractivity contribution >= 4 is 27.4 Å². The van der Waals surface area contributed by atoms with Gasteiger partial charge in [0.15, 0.2) is 0 Å². The van der Waals surface area contributed by atoms with Crippen molar-refractivity contribution < 1.29 is 9.31 Å². The van der Waals surface area contributed by atoms with E-state index in [-0.39, 0.29) is 11.5 Å². The van der Waals surface area contributed by atoms with Crippen LogP contribution in [0, 0.1) is 15.9 Å². The van der Waals surface area contributed by atoms with Crippen LogP contribution in [0.1, 0.15) is 11.1 Å². The van der Waals surface area contributed by atoms with Crippen LogP contribution in [-0.2, 0) is 13.1 Å². The Morgan fingerprint density at radius 3 is 2.70 bits per heavy atom. The first-order valence-corrected chi connectivity index (χ1v) is 7.62. The zero-order chi connectivity index (χ0) is 17.0. The fourth-order valence-electron chi connectivity index (χ4n) is 2.01. The van der Waals surface area contributed by atoms with Gasteiger partial charge in [-0.05, 0) is 41.7 Å². The second-order valence-corrected chi connectivity index (χ2v) is 6.15. The highest BCUT2D eigenvalue weighted by atomic mass is 79.9. The van der Waals surface area contributed by atoms with Crippen molar-refractivity contribution in [1.82, 2.24) is 9.88 Å². The molecule has 6 nitrogen and oxygen atoms in total. The third-order valence-corrected chi connectivity index (χ3v) is 3.71. The molecule has 0 unspecified atom stereocenters. The third kappa shape index (κ3) is 4.70. The summed E-state index contributed by atoms with van der Waals surface area (Å²) in [5.74, 6) is 0.210. The van der Waals surface area contributed by atoms with E-state index in [9.17, 15) is 14.5 Å². The zero-order valence-electron chi connectivity index (χ0n) is 12.7. The fraction of sp³-hybridized carbons (Fsp3) is 0.267. The van der Waals surface area contributed by atoms with Crippen LogP contribution in [-0.4, -0.2) is 28.9 Å². The number of nitrogens with zero attached hydrogens (tertiary/aromatic N) is 3. The van der Waals surface area contributed by atoms with Crippen molar-refractivity contribution in [2.45, 2.75) is 13.1 Å². The molecule has 2 rings (SSSR count). The molecular weight excluding hydrogens is 367 g/mol. The monoisotopic (exact) mass is 382 g/mol. The molecule has 0 saturated carbocycles. The van der Waals surface area contributed by atoms with Gasteiger partial charge in [-0.25, -0.2) is 9.37 Å². The Labute approximate surface area is 141 Å². The summed E-state index contributed by atoms with van der Waals surface area (Å²) in [7, 11) is 3.76. The molecule has 0 bridgehead atoms. The highest BCUT2D eigenvalue weighted by Gasteiger charge is 2.11. The highest BCUT2D eigenvalue weighted by Crippen LogP contribution is 2.25. The van der Waals surface area contributed by atoms with E-state index in [2.05, 4.69) is 26.2 Å². The molecule has 0 saturated heterocycles. The van der Waals surface area contributed by atoms with E-state index < -0.39 is 4.92 Å². The summed E-state index contributed by atoms with van der Waals surface area (Å²) in [5.41, 5.74) is 1.30. The minimum absolute atomic E-state index is 0.0958. The molecule has 0 aliphatic carbocycles. The van der Waals surface area contributed by atoms with Crippen LogP contribution in [0.15, 0.2) is 34.9 Å². The summed E-state index contributed by atoms with van der Waals surface area (Å²) in [6, 6.07) is 6.44. The molecule has 0 aliphatic rings. The molecule has 1 N–H and O–H groups in total. The minimum Gasteiger partial charge on any atom is -0.365 e. The first-order chi connectivity index (χ1) is 10.9. The van der Waals surface area contributed by atoms with Gasteiger partial charge < -0.3 is 10.2 Å². The van der Waals surface area contributed by atoms with Crippen molar-refractivity contribution in [2.75, 3.05) is 19.4 Å². The highest BCUT2D eigenvalue weighted by molar-refractivity contribution is 9.10. The summed E-state index contributed by atoms with van der Waals surface area (Å²) in [5, 5.41) is 13.7. The van der Waals surface area contributed by atoms with Gasteiger partial charge in [0.25, 0.3) is 5.69 Å². The molecule has 0 fully saturated rings. The van der Waals surface area contributed by atoms with Gasteiger partial charge in [0.05, 0.1) is 9.40 Å². The average molecular weight is 383 g/mol. The van der Waals surface area contributed by atoms with Gasteiger partial charge in [0, 0.05) is 24.7 Å². The van der Waals surface area contributed by atoms with E-state index in [1.54, 1.807) is 6.07 Å². The van der Waals surface area contributed by atoms with Crippen LogP contribution >= 0.6 is 15.9 Å². The maximum absolute atomic E-state index is 14.0. The SMILES string of the molecule is CN(C)Cc1ccc(CNc2ncc([N+](=O)[O-])cc2Br)cc1F. The van der Waals surface area contributed by atoms with E-state index in [1.165, 1.54) is 18.3 Å². The number of aromatic nitrogens is 1. The quantitative estimate of drug-likeness (QED) is 0.610. The smallest absolute Gasteiger partial charge is 0.288 e. The summed E-state index contributed by atoms with van der Waals surface area (Å²) in [4.78, 5) is 16.0. The summed E-state index contributed by atoms with van der Waals surface area (Å²) < 4.78 is 14.5. The number of anilines is 1. The number of halogens is 2. The summed E-state index contributed by atoms with van der Waals surface area (Å²) >= 11 is 3.23. The lowest BCUT2D eigenvalue weighted by atomic mass is 10.1. The van der Waals surface area contributed by atoms with Gasteiger partial charge >= 0.3 is 0 Å². The first-order valence-electron chi connectivity index (χ1n) is 6.82. The molecule has 23 heavy (non-hydrogen) atoms. The van der Waals surface area contributed by atoms with Crippen molar-refractivity contribution in [3.8, 4) is 0 Å². The third-order valence-electron chi connectivity index (χ3n) is 3.10. The Morgan fingerprint density at radius 2 is 2.13 bits per heavy atom. The average Bonchev–Trinajstić information content (AvgIpc) is 2.48. The van der Waals surface area contributed by atoms with Gasteiger partial charge in [0.2, 0.25) is 0 Å². The largest absolute Gasteiger partial charge is 0.365 e. The molecule has 0 spiro atoms. The Bertz CT molecular complexity index is 725. The lowest BCUT2D eigenvalue weighted by molar-refractivity contribution is -0.385. The lowest BCUT2D eigenvalue weighted by Crippen LogP contribution is -2.12. The standard InChI is InChI=1S/C15H16BrFN4O2/c1-20(2)9-11-4-3-10(5-14(11)17)7-18-15-13(16)6-12(8-19-15)21(22)23/h3-6,8H,7,9H2,1-2H3,(H,18,19). The maximum atomic E-state index is 14.0. The molecule has 0 amide bonds. The predicted octanol–water partition coefficient (Wildman–Crippen LogP) is 3.57. The van der Waals surface area contributed by atoms with Gasteiger partial charge in [0.1, 0.15) is 17.8 Å². The van der Waals surface area contributed by atoms with Gasteiger partial charge in [-0.1, -0.05) is 12.1 Å². The Kier molecular flexibility index (Phi) is 5.62. The van der Waals surface area contributed by atoms with Crippen molar-refractivity contribution in [1.29, 1.82) is 0 Å². The van der Waals surface area contributed by atoms with Crippen molar-refractivity contribution in [3.05, 3.63) is 62.0 Å². The van der Waals surface area contributed by atoms with Crippen LogP contribution < -0.4 is 5.32 Å². The summed E-state index contributed by atoms with van der Waals surface area (Å²) in [6.45, 7) is 0.900. The normalized spacial score (nSPS) is 10.8. The van der Waals surface area contributed by atoms with Crippen molar-refractivity contribution in [2.24, 2.45) is 0 Å². The molecule has 2 aromatic rings. The number of rotatable bonds is 6. The van der Waals surface area contributed by atoms with E-state index in [0.29, 0.717) is 28.9 Å². The van der Waals surface area contributed by atoms with E-state index >= 15 is 0 Å². The number of hydrogen-bond acceptors (Lipinski definition) is 5. The van der Waals surface area contributed by atoms with E-state index in [4.69, 9.17) is 0 Å². The molecule has 8 heteroatoms. The van der Waals surface area contributed by atoms with Crippen LogP contribution in [0.3, 0.4) is 0 Å². The Hall–Kier alpha value is -2.06. The number of benzene rings is 1. The predicted molar refractivity (Wildman–Crippen MR) is 89.7 cm³/mol. The second kappa shape index (κ2) is 7.47. The van der Waals surface area contributed by atoms with Gasteiger partial charge in [-0.15, -0.1) is 0 Å². The molecule has 122 valence electrons. The first kappa shape index (κ1) is 17.3. The topological polar surface area (TPSA) is 71.3 Å².